The van der Waals surface area contributed by atoms with E-state index in [4.69, 9.17) is 0 Å². The third-order valence-electron chi connectivity index (χ3n) is 1.52. The zero-order valence-corrected chi connectivity index (χ0v) is 8.99. The quantitative estimate of drug-likeness (QED) is 0.591. The molecule has 0 amide bonds. The molecule has 0 bridgehead atoms. The fourth-order valence-electron chi connectivity index (χ4n) is 0.829. The predicted octanol–water partition coefficient (Wildman–Crippen LogP) is -0.564. The Labute approximate surface area is 86.6 Å². The first-order valence-corrected chi connectivity index (χ1v) is 5.11. The van der Waals surface area contributed by atoms with Crippen LogP contribution in [0.1, 0.15) is 0 Å². The Bertz CT molecular complexity index is 287. The van der Waals surface area contributed by atoms with Gasteiger partial charge in [0.25, 0.3) is 0 Å². The van der Waals surface area contributed by atoms with Gasteiger partial charge in [-0.05, 0) is 24.5 Å². The normalized spacial score (nSPS) is 10.8. The van der Waals surface area contributed by atoms with E-state index in [1.807, 2.05) is 19.0 Å². The van der Waals surface area contributed by atoms with Crippen LogP contribution in [-0.4, -0.2) is 57.8 Å². The van der Waals surface area contributed by atoms with Gasteiger partial charge in [-0.2, -0.15) is 0 Å². The highest BCUT2D eigenvalue weighted by Crippen LogP contribution is 2.11. The van der Waals surface area contributed by atoms with E-state index in [0.29, 0.717) is 5.16 Å². The minimum absolute atomic E-state index is 0.266. The highest BCUT2D eigenvalue weighted by molar-refractivity contribution is 7.99. The largest absolute Gasteiger partial charge is 0.308 e. The molecular formula is C7H12N5OS. The van der Waals surface area contributed by atoms with Crippen LogP contribution >= 0.6 is 11.8 Å². The Kier molecular flexibility index (Phi) is 4.54. The highest BCUT2D eigenvalue weighted by Gasteiger charge is 2.05. The Morgan fingerprint density at radius 3 is 3.00 bits per heavy atom. The molecule has 1 heterocycles. The van der Waals surface area contributed by atoms with Gasteiger partial charge < -0.3 is 4.90 Å². The molecule has 1 radical (unpaired) electrons. The van der Waals surface area contributed by atoms with Crippen molar-refractivity contribution in [3.63, 3.8) is 0 Å². The smallest absolute Gasteiger partial charge is 0.209 e. The second kappa shape index (κ2) is 5.71. The van der Waals surface area contributed by atoms with Crippen LogP contribution in [-0.2, 0) is 11.3 Å². The minimum atomic E-state index is 0.266. The van der Waals surface area contributed by atoms with Crippen molar-refractivity contribution < 1.29 is 4.79 Å². The molecule has 14 heavy (non-hydrogen) atoms. The fraction of sp³-hybridized carbons (Fsp3) is 0.714. The van der Waals surface area contributed by atoms with Gasteiger partial charge >= 0.3 is 0 Å². The van der Waals surface area contributed by atoms with Crippen LogP contribution < -0.4 is 0 Å². The van der Waals surface area contributed by atoms with Crippen molar-refractivity contribution in [1.29, 1.82) is 0 Å². The van der Waals surface area contributed by atoms with E-state index in [-0.39, 0.29) is 5.75 Å². The van der Waals surface area contributed by atoms with Crippen LogP contribution in [0.15, 0.2) is 5.16 Å². The summed E-state index contributed by atoms with van der Waals surface area (Å²) in [6.07, 6.45) is 1.79. The lowest BCUT2D eigenvalue weighted by atomic mass is 10.6. The van der Waals surface area contributed by atoms with Crippen LogP contribution in [0.3, 0.4) is 0 Å². The van der Waals surface area contributed by atoms with Gasteiger partial charge in [0.05, 0.1) is 12.3 Å². The highest BCUT2D eigenvalue weighted by atomic mass is 32.2. The summed E-state index contributed by atoms with van der Waals surface area (Å²) in [6, 6.07) is 0. The van der Waals surface area contributed by atoms with Crippen molar-refractivity contribution in [3.05, 3.63) is 0 Å². The van der Waals surface area contributed by atoms with E-state index in [1.165, 1.54) is 11.8 Å². The lowest BCUT2D eigenvalue weighted by Crippen LogP contribution is -2.19. The standard InChI is InChI=1S/C7H12N5OS/c1-11(2)3-4-12-7(8-9-10-12)14-6-5-13/h3-4,6H2,1-2H3. The number of likely N-dealkylation sites (N-methyl/N-ethyl adjacent to an activating group) is 1. The zero-order valence-electron chi connectivity index (χ0n) is 8.17. The van der Waals surface area contributed by atoms with Crippen molar-refractivity contribution in [2.24, 2.45) is 0 Å². The number of hydrogen-bond donors (Lipinski definition) is 0. The van der Waals surface area contributed by atoms with Gasteiger partial charge in [-0.3, -0.25) is 4.79 Å². The number of rotatable bonds is 6. The van der Waals surface area contributed by atoms with Crippen LogP contribution in [0.5, 0.6) is 0 Å². The van der Waals surface area contributed by atoms with E-state index in [0.717, 1.165) is 13.1 Å². The average molecular weight is 214 g/mol. The average Bonchev–Trinajstić information content (AvgIpc) is 2.58. The van der Waals surface area contributed by atoms with Gasteiger partial charge in [-0.25, -0.2) is 4.68 Å². The summed E-state index contributed by atoms with van der Waals surface area (Å²) in [7, 11) is 3.97. The molecule has 0 aliphatic carbocycles. The molecule has 0 N–H and O–H groups in total. The lowest BCUT2D eigenvalue weighted by molar-refractivity contribution is 0.361. The SMILES string of the molecule is CN(C)CCn1nnnc1SC[C]=O. The molecule has 7 heteroatoms. The number of aromatic nitrogens is 4. The summed E-state index contributed by atoms with van der Waals surface area (Å²) in [5.41, 5.74) is 0. The summed E-state index contributed by atoms with van der Waals surface area (Å²) in [4.78, 5) is 12.1. The molecule has 1 rings (SSSR count). The third-order valence-corrected chi connectivity index (χ3v) is 2.33. The van der Waals surface area contributed by atoms with Gasteiger partial charge in [0.2, 0.25) is 11.4 Å². The summed E-state index contributed by atoms with van der Waals surface area (Å²) < 4.78 is 1.68. The molecular weight excluding hydrogens is 202 g/mol. The van der Waals surface area contributed by atoms with Crippen molar-refractivity contribution in [3.8, 4) is 0 Å². The Balaban J connectivity index is 2.49. The van der Waals surface area contributed by atoms with E-state index in [1.54, 1.807) is 11.0 Å². The van der Waals surface area contributed by atoms with Gasteiger partial charge in [0.1, 0.15) is 0 Å². The van der Waals surface area contributed by atoms with Crippen molar-refractivity contribution in [2.75, 3.05) is 26.4 Å². The van der Waals surface area contributed by atoms with Crippen LogP contribution in [0.4, 0.5) is 0 Å². The molecule has 0 aromatic carbocycles. The molecule has 0 saturated carbocycles. The van der Waals surface area contributed by atoms with Crippen LogP contribution in [0.25, 0.3) is 0 Å². The maximum Gasteiger partial charge on any atom is 0.209 e. The third kappa shape index (κ3) is 3.43. The minimum Gasteiger partial charge on any atom is -0.308 e. The molecule has 1 aromatic rings. The first-order valence-electron chi connectivity index (χ1n) is 4.12. The number of hydrogen-bond acceptors (Lipinski definition) is 6. The number of thioether (sulfide) groups is 1. The first-order chi connectivity index (χ1) is 6.74. The van der Waals surface area contributed by atoms with Gasteiger partial charge in [0.15, 0.2) is 0 Å². The summed E-state index contributed by atoms with van der Waals surface area (Å²) in [6.45, 7) is 1.59. The van der Waals surface area contributed by atoms with Gasteiger partial charge in [-0.15, -0.1) is 5.10 Å². The van der Waals surface area contributed by atoms with E-state index in [9.17, 15) is 4.79 Å². The Hall–Kier alpha value is -0.950. The number of nitrogens with zero attached hydrogens (tertiary/aromatic N) is 5. The number of carbonyl (C=O) groups excluding carboxylic acids is 1. The predicted molar refractivity (Wildman–Crippen MR) is 52.8 cm³/mol. The van der Waals surface area contributed by atoms with Crippen molar-refractivity contribution >= 4 is 18.0 Å². The van der Waals surface area contributed by atoms with Gasteiger partial charge in [-0.1, -0.05) is 11.8 Å². The topological polar surface area (TPSA) is 63.9 Å². The molecule has 0 saturated heterocycles. The summed E-state index contributed by atoms with van der Waals surface area (Å²) >= 11 is 1.29. The molecule has 0 spiro atoms. The van der Waals surface area contributed by atoms with Crippen LogP contribution in [0, 0.1) is 0 Å². The molecule has 0 aliphatic heterocycles. The van der Waals surface area contributed by atoms with E-state index >= 15 is 0 Å². The summed E-state index contributed by atoms with van der Waals surface area (Å²) in [5, 5.41) is 11.8. The first kappa shape index (κ1) is 11.1. The lowest BCUT2D eigenvalue weighted by Gasteiger charge is -2.09. The molecule has 77 valence electrons. The van der Waals surface area contributed by atoms with Gasteiger partial charge in [0, 0.05) is 6.54 Å². The number of tetrazole rings is 1. The van der Waals surface area contributed by atoms with Crippen molar-refractivity contribution in [2.45, 2.75) is 11.7 Å². The Morgan fingerprint density at radius 2 is 2.36 bits per heavy atom. The molecule has 0 atom stereocenters. The Morgan fingerprint density at radius 1 is 1.57 bits per heavy atom. The summed E-state index contributed by atoms with van der Waals surface area (Å²) in [5.74, 6) is 0.266. The molecule has 1 aromatic heterocycles. The van der Waals surface area contributed by atoms with E-state index in [2.05, 4.69) is 15.5 Å². The monoisotopic (exact) mass is 214 g/mol. The maximum atomic E-state index is 10.0. The molecule has 0 unspecified atom stereocenters. The second-order valence-electron chi connectivity index (χ2n) is 2.92. The molecule has 0 aliphatic rings. The molecule has 6 nitrogen and oxygen atoms in total. The maximum absolute atomic E-state index is 10.0. The fourth-order valence-corrected chi connectivity index (χ4v) is 1.39. The zero-order chi connectivity index (χ0) is 10.4. The second-order valence-corrected chi connectivity index (χ2v) is 3.86. The van der Waals surface area contributed by atoms with Crippen molar-refractivity contribution in [1.82, 2.24) is 25.1 Å². The van der Waals surface area contributed by atoms with E-state index < -0.39 is 0 Å². The van der Waals surface area contributed by atoms with Crippen LogP contribution in [0.2, 0.25) is 0 Å². The molecule has 0 fully saturated rings.